The number of anilines is 3. The molecule has 0 aliphatic heterocycles. The third kappa shape index (κ3) is 4.66. The molecule has 0 atom stereocenters. The Kier molecular flexibility index (Phi) is 5.91. The summed E-state index contributed by atoms with van der Waals surface area (Å²) < 4.78 is 4.69. The van der Waals surface area contributed by atoms with E-state index in [1.807, 2.05) is 19.1 Å². The standard InChI is InChI=1S/C21H18ClN3O3/c1-13-6-7-16(22)12-18(13)25-19-11-14(8-9-23-19)20(26)24-17-5-3-4-15(10-17)21(27)28-2/h3-12H,1-2H3,(H,23,25)(H,24,26). The van der Waals surface area contributed by atoms with Crippen molar-refractivity contribution in [3.8, 4) is 0 Å². The maximum absolute atomic E-state index is 12.6. The second-order valence-electron chi connectivity index (χ2n) is 6.04. The number of hydrogen-bond acceptors (Lipinski definition) is 5. The van der Waals surface area contributed by atoms with E-state index >= 15 is 0 Å². The van der Waals surface area contributed by atoms with Crippen LogP contribution in [-0.4, -0.2) is 24.0 Å². The molecule has 0 bridgehead atoms. The number of aromatic nitrogens is 1. The molecular weight excluding hydrogens is 378 g/mol. The molecular formula is C21H18ClN3O3. The van der Waals surface area contributed by atoms with Crippen LogP contribution in [0.5, 0.6) is 0 Å². The van der Waals surface area contributed by atoms with Gasteiger partial charge in [0.05, 0.1) is 12.7 Å². The minimum atomic E-state index is -0.469. The van der Waals surface area contributed by atoms with Gasteiger partial charge < -0.3 is 15.4 Å². The van der Waals surface area contributed by atoms with Crippen molar-refractivity contribution in [1.29, 1.82) is 0 Å². The summed E-state index contributed by atoms with van der Waals surface area (Å²) in [5.41, 5.74) is 3.07. The molecule has 2 aromatic carbocycles. The van der Waals surface area contributed by atoms with Gasteiger partial charge in [0.15, 0.2) is 0 Å². The number of esters is 1. The molecule has 142 valence electrons. The minimum Gasteiger partial charge on any atom is -0.465 e. The van der Waals surface area contributed by atoms with E-state index in [0.717, 1.165) is 11.3 Å². The topological polar surface area (TPSA) is 80.3 Å². The maximum atomic E-state index is 12.6. The number of aryl methyl sites for hydroxylation is 1. The number of methoxy groups -OCH3 is 1. The summed E-state index contributed by atoms with van der Waals surface area (Å²) in [6, 6.07) is 15.3. The van der Waals surface area contributed by atoms with Crippen LogP contribution in [0.25, 0.3) is 0 Å². The summed E-state index contributed by atoms with van der Waals surface area (Å²) in [7, 11) is 1.31. The zero-order chi connectivity index (χ0) is 20.1. The van der Waals surface area contributed by atoms with Gasteiger partial charge in [0, 0.05) is 28.2 Å². The van der Waals surface area contributed by atoms with Crippen LogP contribution in [0.15, 0.2) is 60.8 Å². The molecule has 0 radical (unpaired) electrons. The third-order valence-electron chi connectivity index (χ3n) is 4.03. The molecule has 0 aliphatic carbocycles. The first-order valence-corrected chi connectivity index (χ1v) is 8.83. The van der Waals surface area contributed by atoms with E-state index in [1.165, 1.54) is 7.11 Å². The number of halogens is 1. The summed E-state index contributed by atoms with van der Waals surface area (Å²) >= 11 is 6.04. The second-order valence-corrected chi connectivity index (χ2v) is 6.48. The number of hydrogen-bond donors (Lipinski definition) is 2. The average molecular weight is 396 g/mol. The van der Waals surface area contributed by atoms with E-state index < -0.39 is 5.97 Å². The quantitative estimate of drug-likeness (QED) is 0.605. The van der Waals surface area contributed by atoms with Crippen molar-refractivity contribution in [3.63, 3.8) is 0 Å². The number of nitrogens with one attached hydrogen (secondary N) is 2. The Bertz CT molecular complexity index is 1040. The zero-order valence-corrected chi connectivity index (χ0v) is 16.1. The predicted octanol–water partition coefficient (Wildman–Crippen LogP) is 4.83. The molecule has 0 aliphatic rings. The van der Waals surface area contributed by atoms with Crippen molar-refractivity contribution in [1.82, 2.24) is 4.98 Å². The van der Waals surface area contributed by atoms with Crippen molar-refractivity contribution < 1.29 is 14.3 Å². The first-order chi connectivity index (χ1) is 13.5. The number of rotatable bonds is 5. The fraction of sp³-hybridized carbons (Fsp3) is 0.0952. The van der Waals surface area contributed by atoms with Gasteiger partial charge in [0.1, 0.15) is 5.82 Å². The van der Waals surface area contributed by atoms with Crippen molar-refractivity contribution in [2.24, 2.45) is 0 Å². The first-order valence-electron chi connectivity index (χ1n) is 8.45. The number of ether oxygens (including phenoxy) is 1. The number of carbonyl (C=O) groups is 2. The zero-order valence-electron chi connectivity index (χ0n) is 15.3. The highest BCUT2D eigenvalue weighted by atomic mass is 35.5. The lowest BCUT2D eigenvalue weighted by atomic mass is 10.2. The molecule has 3 aromatic rings. The van der Waals surface area contributed by atoms with Gasteiger partial charge in [-0.1, -0.05) is 23.7 Å². The van der Waals surface area contributed by atoms with Gasteiger partial charge in [0.25, 0.3) is 5.91 Å². The Labute approximate surface area is 167 Å². The predicted molar refractivity (Wildman–Crippen MR) is 109 cm³/mol. The number of carbonyl (C=O) groups excluding carboxylic acids is 2. The Hall–Kier alpha value is -3.38. The fourth-order valence-electron chi connectivity index (χ4n) is 2.55. The third-order valence-corrected chi connectivity index (χ3v) is 4.26. The summed E-state index contributed by atoms with van der Waals surface area (Å²) in [6.07, 6.45) is 1.54. The smallest absolute Gasteiger partial charge is 0.337 e. The fourth-order valence-corrected chi connectivity index (χ4v) is 2.72. The summed E-state index contributed by atoms with van der Waals surface area (Å²) in [5.74, 6) is -0.278. The SMILES string of the molecule is COC(=O)c1cccc(NC(=O)c2ccnc(Nc3cc(Cl)ccc3C)c2)c1. The van der Waals surface area contributed by atoms with Crippen LogP contribution in [0, 0.1) is 6.92 Å². The second kappa shape index (κ2) is 8.54. The van der Waals surface area contributed by atoms with E-state index in [1.54, 1.807) is 48.7 Å². The largest absolute Gasteiger partial charge is 0.465 e. The molecule has 28 heavy (non-hydrogen) atoms. The molecule has 0 saturated heterocycles. The van der Waals surface area contributed by atoms with E-state index in [-0.39, 0.29) is 5.91 Å². The Morgan fingerprint density at radius 2 is 1.86 bits per heavy atom. The molecule has 0 unspecified atom stereocenters. The average Bonchev–Trinajstić information content (AvgIpc) is 2.70. The van der Waals surface area contributed by atoms with Crippen LogP contribution >= 0.6 is 11.6 Å². The van der Waals surface area contributed by atoms with Gasteiger partial charge in [0.2, 0.25) is 0 Å². The molecule has 3 rings (SSSR count). The highest BCUT2D eigenvalue weighted by molar-refractivity contribution is 6.30. The number of pyridine rings is 1. The molecule has 1 aromatic heterocycles. The van der Waals surface area contributed by atoms with E-state index in [2.05, 4.69) is 15.6 Å². The van der Waals surface area contributed by atoms with Crippen LogP contribution in [-0.2, 0) is 4.74 Å². The van der Waals surface area contributed by atoms with Crippen LogP contribution in [0.1, 0.15) is 26.3 Å². The molecule has 0 fully saturated rings. The highest BCUT2D eigenvalue weighted by Crippen LogP contribution is 2.24. The van der Waals surface area contributed by atoms with E-state index in [0.29, 0.717) is 27.7 Å². The van der Waals surface area contributed by atoms with Gasteiger partial charge in [-0.3, -0.25) is 4.79 Å². The number of amides is 1. The maximum Gasteiger partial charge on any atom is 0.337 e. The van der Waals surface area contributed by atoms with Crippen molar-refractivity contribution in [2.45, 2.75) is 6.92 Å². The van der Waals surface area contributed by atoms with Crippen LogP contribution < -0.4 is 10.6 Å². The minimum absolute atomic E-state index is 0.324. The summed E-state index contributed by atoms with van der Waals surface area (Å²) in [5, 5.41) is 6.54. The molecule has 1 amide bonds. The summed E-state index contributed by atoms with van der Waals surface area (Å²) in [4.78, 5) is 28.5. The van der Waals surface area contributed by atoms with E-state index in [9.17, 15) is 9.59 Å². The van der Waals surface area contributed by atoms with Crippen LogP contribution in [0.2, 0.25) is 5.02 Å². The van der Waals surface area contributed by atoms with E-state index in [4.69, 9.17) is 16.3 Å². The number of benzene rings is 2. The van der Waals surface area contributed by atoms with Crippen molar-refractivity contribution in [2.75, 3.05) is 17.7 Å². The molecule has 0 saturated carbocycles. The summed E-state index contributed by atoms with van der Waals surface area (Å²) in [6.45, 7) is 1.95. The Morgan fingerprint density at radius 1 is 1.04 bits per heavy atom. The number of nitrogens with zero attached hydrogens (tertiary/aromatic N) is 1. The molecule has 0 spiro atoms. The molecule has 1 heterocycles. The van der Waals surface area contributed by atoms with Crippen LogP contribution in [0.4, 0.5) is 17.2 Å². The highest BCUT2D eigenvalue weighted by Gasteiger charge is 2.11. The van der Waals surface area contributed by atoms with Crippen molar-refractivity contribution in [3.05, 3.63) is 82.5 Å². The van der Waals surface area contributed by atoms with Gasteiger partial charge in [-0.05, 0) is 55.0 Å². The lowest BCUT2D eigenvalue weighted by Crippen LogP contribution is -2.13. The Morgan fingerprint density at radius 3 is 2.64 bits per heavy atom. The lowest BCUT2D eigenvalue weighted by Gasteiger charge is -2.11. The first kappa shape index (κ1) is 19.4. The normalized spacial score (nSPS) is 10.2. The molecule has 2 N–H and O–H groups in total. The van der Waals surface area contributed by atoms with Gasteiger partial charge in [-0.15, -0.1) is 0 Å². The molecule has 6 nitrogen and oxygen atoms in total. The Balaban J connectivity index is 1.77. The molecule has 7 heteroatoms. The lowest BCUT2D eigenvalue weighted by molar-refractivity contribution is 0.0600. The van der Waals surface area contributed by atoms with Crippen molar-refractivity contribution >= 4 is 40.7 Å². The van der Waals surface area contributed by atoms with Gasteiger partial charge in [-0.2, -0.15) is 0 Å². The van der Waals surface area contributed by atoms with Gasteiger partial charge in [-0.25, -0.2) is 9.78 Å². The van der Waals surface area contributed by atoms with Gasteiger partial charge >= 0.3 is 5.97 Å². The van der Waals surface area contributed by atoms with Crippen LogP contribution in [0.3, 0.4) is 0 Å². The monoisotopic (exact) mass is 395 g/mol.